The molecule has 0 aliphatic heterocycles. The first-order chi connectivity index (χ1) is 13.0. The van der Waals surface area contributed by atoms with E-state index in [4.69, 9.17) is 4.52 Å². The first-order valence-corrected chi connectivity index (χ1v) is 9.16. The maximum atomic E-state index is 13.0. The van der Waals surface area contributed by atoms with E-state index in [0.29, 0.717) is 33.1 Å². The molecule has 8 heteroatoms. The lowest BCUT2D eigenvalue weighted by Gasteiger charge is -2.16. The topological polar surface area (TPSA) is 92.1 Å². The number of hydrogen-bond acceptors (Lipinski definition) is 6. The lowest BCUT2D eigenvalue weighted by atomic mass is 10.1. The van der Waals surface area contributed by atoms with E-state index in [1.807, 2.05) is 35.7 Å². The molecule has 0 radical (unpaired) electrons. The van der Waals surface area contributed by atoms with E-state index in [2.05, 4.69) is 15.1 Å². The number of fused-ring (bicyclic) bond motifs is 1. The molecule has 1 amide bonds. The molecule has 0 fully saturated rings. The molecule has 0 unspecified atom stereocenters. The van der Waals surface area contributed by atoms with Crippen molar-refractivity contribution in [2.45, 2.75) is 13.5 Å². The zero-order valence-electron chi connectivity index (χ0n) is 14.7. The van der Waals surface area contributed by atoms with Crippen LogP contribution in [-0.4, -0.2) is 33.0 Å². The van der Waals surface area contributed by atoms with Crippen LogP contribution < -0.4 is 5.56 Å². The zero-order chi connectivity index (χ0) is 19.0. The van der Waals surface area contributed by atoms with Crippen LogP contribution in [0.15, 0.2) is 51.1 Å². The summed E-state index contributed by atoms with van der Waals surface area (Å²) in [6.07, 6.45) is 0. The van der Waals surface area contributed by atoms with Crippen LogP contribution in [0, 0.1) is 6.92 Å². The highest BCUT2D eigenvalue weighted by atomic mass is 32.1. The summed E-state index contributed by atoms with van der Waals surface area (Å²) in [4.78, 5) is 33.8. The molecule has 7 nitrogen and oxygen atoms in total. The minimum absolute atomic E-state index is 0.165. The number of aromatic amines is 1. The molecule has 4 aromatic rings. The van der Waals surface area contributed by atoms with Crippen molar-refractivity contribution < 1.29 is 9.32 Å². The van der Waals surface area contributed by atoms with Crippen molar-refractivity contribution in [1.82, 2.24) is 20.0 Å². The first kappa shape index (κ1) is 17.2. The van der Waals surface area contributed by atoms with Gasteiger partial charge in [-0.3, -0.25) is 9.59 Å². The molecule has 27 heavy (non-hydrogen) atoms. The Labute approximate surface area is 158 Å². The number of H-pyrrole nitrogens is 1. The summed E-state index contributed by atoms with van der Waals surface area (Å²) in [5.41, 5.74) is 2.14. The number of carbonyl (C=O) groups is 1. The number of aryl methyl sites for hydroxylation is 1. The van der Waals surface area contributed by atoms with Crippen molar-refractivity contribution in [3.63, 3.8) is 0 Å². The number of carbonyl (C=O) groups excluding carboxylic acids is 1. The number of thiophene rings is 1. The third-order valence-corrected chi connectivity index (χ3v) is 5.12. The molecule has 0 saturated heterocycles. The Morgan fingerprint density at radius 1 is 1.26 bits per heavy atom. The van der Waals surface area contributed by atoms with Crippen LogP contribution >= 0.6 is 11.3 Å². The Morgan fingerprint density at radius 2 is 2.04 bits per heavy atom. The molecule has 4 rings (SSSR count). The largest absolute Gasteiger partial charge is 0.360 e. The standard InChI is InChI=1S/C19H16N4O3S/c1-11-15(16(22-26-11)12-6-4-3-5-7-12)19(25)23(2)10-14-20-13-8-9-27-17(13)18(24)21-14/h3-9H,10H2,1-2H3,(H,20,21,24). The highest BCUT2D eigenvalue weighted by molar-refractivity contribution is 7.17. The number of benzene rings is 1. The maximum Gasteiger partial charge on any atom is 0.268 e. The second-order valence-electron chi connectivity index (χ2n) is 6.14. The van der Waals surface area contributed by atoms with Crippen molar-refractivity contribution in [2.24, 2.45) is 0 Å². The number of nitrogens with one attached hydrogen (secondary N) is 1. The van der Waals surface area contributed by atoms with Gasteiger partial charge in [0.15, 0.2) is 0 Å². The van der Waals surface area contributed by atoms with Gasteiger partial charge in [-0.05, 0) is 18.4 Å². The summed E-state index contributed by atoms with van der Waals surface area (Å²) in [5, 5.41) is 5.87. The summed E-state index contributed by atoms with van der Waals surface area (Å²) in [6, 6.07) is 11.2. The fourth-order valence-electron chi connectivity index (χ4n) is 2.90. The average molecular weight is 380 g/mol. The van der Waals surface area contributed by atoms with Gasteiger partial charge in [-0.1, -0.05) is 35.5 Å². The minimum Gasteiger partial charge on any atom is -0.360 e. The van der Waals surface area contributed by atoms with Gasteiger partial charge < -0.3 is 14.4 Å². The van der Waals surface area contributed by atoms with Crippen LogP contribution in [0.1, 0.15) is 21.9 Å². The Kier molecular flexibility index (Phi) is 4.33. The normalized spacial score (nSPS) is 11.0. The van der Waals surface area contributed by atoms with Gasteiger partial charge in [0.1, 0.15) is 27.5 Å². The van der Waals surface area contributed by atoms with Gasteiger partial charge in [0.05, 0.1) is 12.1 Å². The quantitative estimate of drug-likeness (QED) is 0.587. The molecule has 0 aliphatic rings. The number of rotatable bonds is 4. The van der Waals surface area contributed by atoms with Crippen LogP contribution in [0.25, 0.3) is 21.5 Å². The van der Waals surface area contributed by atoms with Gasteiger partial charge in [0.2, 0.25) is 0 Å². The third-order valence-electron chi connectivity index (χ3n) is 4.22. The summed E-state index contributed by atoms with van der Waals surface area (Å²) in [5.74, 6) is 0.623. The van der Waals surface area contributed by atoms with Gasteiger partial charge in [0.25, 0.3) is 11.5 Å². The lowest BCUT2D eigenvalue weighted by molar-refractivity contribution is 0.0780. The Morgan fingerprint density at radius 3 is 2.81 bits per heavy atom. The Hall–Kier alpha value is -3.26. The van der Waals surface area contributed by atoms with E-state index >= 15 is 0 Å². The van der Waals surface area contributed by atoms with Crippen LogP contribution in [0.2, 0.25) is 0 Å². The molecule has 0 spiro atoms. The maximum absolute atomic E-state index is 13.0. The SMILES string of the molecule is Cc1onc(-c2ccccc2)c1C(=O)N(C)Cc1nc2ccsc2c(=O)[nH]1. The van der Waals surface area contributed by atoms with Crippen molar-refractivity contribution in [2.75, 3.05) is 7.05 Å². The van der Waals surface area contributed by atoms with Gasteiger partial charge in [-0.2, -0.15) is 0 Å². The predicted octanol–water partition coefficient (Wildman–Crippen LogP) is 3.22. The van der Waals surface area contributed by atoms with Crippen molar-refractivity contribution in [3.05, 3.63) is 69.3 Å². The van der Waals surface area contributed by atoms with E-state index < -0.39 is 0 Å². The van der Waals surface area contributed by atoms with Crippen molar-refractivity contribution in [3.8, 4) is 11.3 Å². The third kappa shape index (κ3) is 3.15. The van der Waals surface area contributed by atoms with Crippen molar-refractivity contribution >= 4 is 27.5 Å². The van der Waals surface area contributed by atoms with E-state index in [-0.39, 0.29) is 18.0 Å². The van der Waals surface area contributed by atoms with Gasteiger partial charge >= 0.3 is 0 Å². The average Bonchev–Trinajstić information content (AvgIpc) is 3.28. The lowest BCUT2D eigenvalue weighted by Crippen LogP contribution is -2.28. The highest BCUT2D eigenvalue weighted by Gasteiger charge is 2.24. The highest BCUT2D eigenvalue weighted by Crippen LogP contribution is 2.26. The Bertz CT molecular complexity index is 1180. The summed E-state index contributed by atoms with van der Waals surface area (Å²) in [6.45, 7) is 1.87. The predicted molar refractivity (Wildman–Crippen MR) is 103 cm³/mol. The van der Waals surface area contributed by atoms with Gasteiger partial charge in [0, 0.05) is 12.6 Å². The molecule has 0 bridgehead atoms. The number of amides is 1. The van der Waals surface area contributed by atoms with Gasteiger partial charge in [-0.25, -0.2) is 4.98 Å². The molecular weight excluding hydrogens is 364 g/mol. The van der Waals surface area contributed by atoms with E-state index in [9.17, 15) is 9.59 Å². The zero-order valence-corrected chi connectivity index (χ0v) is 15.5. The second-order valence-corrected chi connectivity index (χ2v) is 7.05. The molecule has 1 aromatic carbocycles. The fraction of sp³-hybridized carbons (Fsp3) is 0.158. The molecule has 136 valence electrons. The monoisotopic (exact) mass is 380 g/mol. The van der Waals surface area contributed by atoms with E-state index in [0.717, 1.165) is 5.56 Å². The summed E-state index contributed by atoms with van der Waals surface area (Å²) in [7, 11) is 1.65. The van der Waals surface area contributed by atoms with Crippen LogP contribution in [-0.2, 0) is 6.54 Å². The van der Waals surface area contributed by atoms with Crippen molar-refractivity contribution in [1.29, 1.82) is 0 Å². The molecule has 0 aliphatic carbocycles. The smallest absolute Gasteiger partial charge is 0.268 e. The van der Waals surface area contributed by atoms with Crippen LogP contribution in [0.3, 0.4) is 0 Å². The molecule has 1 N–H and O–H groups in total. The Balaban J connectivity index is 1.65. The van der Waals surface area contributed by atoms with E-state index in [1.54, 1.807) is 20.0 Å². The second kappa shape index (κ2) is 6.81. The van der Waals surface area contributed by atoms with Crippen LogP contribution in [0.4, 0.5) is 0 Å². The first-order valence-electron chi connectivity index (χ1n) is 8.28. The number of nitrogens with zero attached hydrogens (tertiary/aromatic N) is 3. The molecule has 0 atom stereocenters. The molecule has 0 saturated carbocycles. The molecular formula is C19H16N4O3S. The van der Waals surface area contributed by atoms with Gasteiger partial charge in [-0.15, -0.1) is 11.3 Å². The molecule has 3 aromatic heterocycles. The number of aromatic nitrogens is 3. The summed E-state index contributed by atoms with van der Waals surface area (Å²) >= 11 is 1.34. The minimum atomic E-state index is -0.249. The van der Waals surface area contributed by atoms with E-state index in [1.165, 1.54) is 16.2 Å². The summed E-state index contributed by atoms with van der Waals surface area (Å²) < 4.78 is 5.85. The fourth-order valence-corrected chi connectivity index (χ4v) is 3.63. The molecule has 3 heterocycles. The van der Waals surface area contributed by atoms with Crippen LogP contribution in [0.5, 0.6) is 0 Å². The number of hydrogen-bond donors (Lipinski definition) is 1.